The van der Waals surface area contributed by atoms with E-state index in [1.54, 1.807) is 21.2 Å². The number of nitrogens with zero attached hydrogens (tertiary/aromatic N) is 2. The lowest BCUT2D eigenvalue weighted by atomic mass is 10.2. The van der Waals surface area contributed by atoms with Gasteiger partial charge in [-0.2, -0.15) is 11.3 Å². The Kier molecular flexibility index (Phi) is 6.60. The third kappa shape index (κ3) is 5.23. The second kappa shape index (κ2) is 8.68. The van der Waals surface area contributed by atoms with Crippen molar-refractivity contribution in [3.8, 4) is 0 Å². The van der Waals surface area contributed by atoms with Crippen LogP contribution in [-0.4, -0.2) is 67.0 Å². The Morgan fingerprint density at radius 2 is 1.88 bits per heavy atom. The van der Waals surface area contributed by atoms with E-state index in [0.29, 0.717) is 44.3 Å². The standard InChI is InChI=1S/C16H23N3O4S/c1-12(2)10-23-16(22)19-6-4-18(5-7-19)14(20)9-17-15(21)13-3-8-24-11-13/h3,8,11-12H,4-7,9-10H2,1-2H3,(H,17,21). The molecule has 0 unspecified atom stereocenters. The van der Waals surface area contributed by atoms with Gasteiger partial charge in [-0.1, -0.05) is 13.8 Å². The van der Waals surface area contributed by atoms with E-state index in [1.165, 1.54) is 11.3 Å². The first-order valence-electron chi connectivity index (χ1n) is 7.97. The molecule has 24 heavy (non-hydrogen) atoms. The number of carbonyl (C=O) groups is 3. The molecular formula is C16H23N3O4S. The van der Waals surface area contributed by atoms with Gasteiger partial charge in [-0.05, 0) is 17.4 Å². The highest BCUT2D eigenvalue weighted by molar-refractivity contribution is 7.08. The molecule has 0 saturated carbocycles. The predicted octanol–water partition coefficient (Wildman–Crippen LogP) is 1.41. The third-order valence-electron chi connectivity index (χ3n) is 3.61. The van der Waals surface area contributed by atoms with Crippen molar-refractivity contribution in [3.63, 3.8) is 0 Å². The van der Waals surface area contributed by atoms with Crippen molar-refractivity contribution in [1.29, 1.82) is 0 Å². The molecule has 1 aliphatic rings. The first-order chi connectivity index (χ1) is 11.5. The van der Waals surface area contributed by atoms with E-state index in [9.17, 15) is 14.4 Å². The number of amides is 3. The average Bonchev–Trinajstić information content (AvgIpc) is 3.12. The summed E-state index contributed by atoms with van der Waals surface area (Å²) in [6, 6.07) is 1.71. The second-order valence-electron chi connectivity index (χ2n) is 6.03. The molecule has 8 heteroatoms. The van der Waals surface area contributed by atoms with Crippen molar-refractivity contribution < 1.29 is 19.1 Å². The van der Waals surface area contributed by atoms with Crippen molar-refractivity contribution in [3.05, 3.63) is 22.4 Å². The quantitative estimate of drug-likeness (QED) is 0.868. The van der Waals surface area contributed by atoms with Crippen molar-refractivity contribution in [2.45, 2.75) is 13.8 Å². The van der Waals surface area contributed by atoms with Crippen LogP contribution in [0.3, 0.4) is 0 Å². The number of nitrogens with one attached hydrogen (secondary N) is 1. The van der Waals surface area contributed by atoms with Crippen LogP contribution >= 0.6 is 11.3 Å². The van der Waals surface area contributed by atoms with Crippen LogP contribution < -0.4 is 5.32 Å². The van der Waals surface area contributed by atoms with Gasteiger partial charge in [0.15, 0.2) is 0 Å². The Morgan fingerprint density at radius 1 is 1.21 bits per heavy atom. The van der Waals surface area contributed by atoms with E-state index >= 15 is 0 Å². The Hall–Kier alpha value is -2.09. The van der Waals surface area contributed by atoms with Gasteiger partial charge in [0.25, 0.3) is 5.91 Å². The van der Waals surface area contributed by atoms with Gasteiger partial charge in [-0.3, -0.25) is 9.59 Å². The molecule has 2 heterocycles. The fourth-order valence-electron chi connectivity index (χ4n) is 2.23. The van der Waals surface area contributed by atoms with Crippen LogP contribution in [0.2, 0.25) is 0 Å². The van der Waals surface area contributed by atoms with Gasteiger partial charge in [-0.25, -0.2) is 4.79 Å². The molecule has 3 amide bonds. The van der Waals surface area contributed by atoms with Crippen molar-refractivity contribution in [2.24, 2.45) is 5.92 Å². The minimum atomic E-state index is -0.332. The van der Waals surface area contributed by atoms with Gasteiger partial charge >= 0.3 is 6.09 Å². The lowest BCUT2D eigenvalue weighted by Crippen LogP contribution is -2.52. The highest BCUT2D eigenvalue weighted by Crippen LogP contribution is 2.07. The van der Waals surface area contributed by atoms with Crippen molar-refractivity contribution >= 4 is 29.2 Å². The van der Waals surface area contributed by atoms with Crippen LogP contribution in [0.5, 0.6) is 0 Å². The molecule has 2 rings (SSSR count). The second-order valence-corrected chi connectivity index (χ2v) is 6.81. The molecule has 0 radical (unpaired) electrons. The molecule has 1 aliphatic heterocycles. The molecule has 0 aromatic carbocycles. The minimum Gasteiger partial charge on any atom is -0.449 e. The molecule has 1 aromatic heterocycles. The van der Waals surface area contributed by atoms with Crippen LogP contribution in [-0.2, 0) is 9.53 Å². The topological polar surface area (TPSA) is 79.0 Å². The molecular weight excluding hydrogens is 330 g/mol. The highest BCUT2D eigenvalue weighted by atomic mass is 32.1. The van der Waals surface area contributed by atoms with Crippen LogP contribution in [0.25, 0.3) is 0 Å². The monoisotopic (exact) mass is 353 g/mol. The fourth-order valence-corrected chi connectivity index (χ4v) is 2.87. The zero-order chi connectivity index (χ0) is 17.5. The maximum absolute atomic E-state index is 12.1. The SMILES string of the molecule is CC(C)COC(=O)N1CCN(C(=O)CNC(=O)c2ccsc2)CC1. The van der Waals surface area contributed by atoms with Crippen LogP contribution in [0.15, 0.2) is 16.8 Å². The molecule has 1 saturated heterocycles. The summed E-state index contributed by atoms with van der Waals surface area (Å²) in [6.45, 7) is 6.11. The first kappa shape index (κ1) is 18.3. The summed E-state index contributed by atoms with van der Waals surface area (Å²) in [5.41, 5.74) is 0.561. The zero-order valence-corrected chi connectivity index (χ0v) is 14.8. The Morgan fingerprint density at radius 3 is 2.46 bits per heavy atom. The van der Waals surface area contributed by atoms with Gasteiger partial charge in [0, 0.05) is 37.1 Å². The minimum absolute atomic E-state index is 0.0352. The Balaban J connectivity index is 1.70. The van der Waals surface area contributed by atoms with E-state index in [4.69, 9.17) is 4.74 Å². The number of rotatable bonds is 5. The molecule has 0 atom stereocenters. The summed E-state index contributed by atoms with van der Waals surface area (Å²) in [6.07, 6.45) is -0.332. The van der Waals surface area contributed by atoms with Gasteiger partial charge in [0.05, 0.1) is 13.2 Å². The summed E-state index contributed by atoms with van der Waals surface area (Å²) < 4.78 is 5.19. The maximum Gasteiger partial charge on any atom is 0.409 e. The summed E-state index contributed by atoms with van der Waals surface area (Å²) in [4.78, 5) is 39.1. The maximum atomic E-state index is 12.1. The lowest BCUT2D eigenvalue weighted by Gasteiger charge is -2.34. The number of ether oxygens (including phenoxy) is 1. The summed E-state index contributed by atoms with van der Waals surface area (Å²) >= 11 is 1.43. The molecule has 0 spiro atoms. The van der Waals surface area contributed by atoms with Crippen LogP contribution in [0.1, 0.15) is 24.2 Å². The highest BCUT2D eigenvalue weighted by Gasteiger charge is 2.25. The molecule has 1 fully saturated rings. The fraction of sp³-hybridized carbons (Fsp3) is 0.562. The smallest absolute Gasteiger partial charge is 0.409 e. The molecule has 0 bridgehead atoms. The lowest BCUT2D eigenvalue weighted by molar-refractivity contribution is -0.131. The number of thiophene rings is 1. The number of hydrogen-bond acceptors (Lipinski definition) is 5. The molecule has 132 valence electrons. The van der Waals surface area contributed by atoms with Gasteiger partial charge in [0.1, 0.15) is 0 Å². The van der Waals surface area contributed by atoms with Gasteiger partial charge < -0.3 is 19.9 Å². The molecule has 0 aliphatic carbocycles. The Labute approximate surface area is 145 Å². The number of carbonyl (C=O) groups excluding carboxylic acids is 3. The summed E-state index contributed by atoms with van der Waals surface area (Å²) in [5, 5.41) is 6.17. The van der Waals surface area contributed by atoms with E-state index in [-0.39, 0.29) is 24.5 Å². The van der Waals surface area contributed by atoms with E-state index in [2.05, 4.69) is 5.32 Å². The summed E-state index contributed by atoms with van der Waals surface area (Å²) in [5.74, 6) is -0.0991. The van der Waals surface area contributed by atoms with E-state index in [1.807, 2.05) is 19.2 Å². The average molecular weight is 353 g/mol. The van der Waals surface area contributed by atoms with E-state index < -0.39 is 0 Å². The molecule has 1 aromatic rings. The number of hydrogen-bond donors (Lipinski definition) is 1. The normalized spacial score (nSPS) is 14.6. The van der Waals surface area contributed by atoms with Crippen LogP contribution in [0, 0.1) is 5.92 Å². The van der Waals surface area contributed by atoms with Gasteiger partial charge in [-0.15, -0.1) is 0 Å². The first-order valence-corrected chi connectivity index (χ1v) is 8.91. The van der Waals surface area contributed by atoms with Crippen molar-refractivity contribution in [2.75, 3.05) is 39.3 Å². The number of piperazine rings is 1. The Bertz CT molecular complexity index is 566. The summed E-state index contributed by atoms with van der Waals surface area (Å²) in [7, 11) is 0. The third-order valence-corrected chi connectivity index (χ3v) is 4.30. The molecule has 7 nitrogen and oxygen atoms in total. The zero-order valence-electron chi connectivity index (χ0n) is 14.0. The van der Waals surface area contributed by atoms with Crippen LogP contribution in [0.4, 0.5) is 4.79 Å². The van der Waals surface area contributed by atoms with Crippen molar-refractivity contribution in [1.82, 2.24) is 15.1 Å². The van der Waals surface area contributed by atoms with Gasteiger partial charge in [0.2, 0.25) is 5.91 Å². The molecule has 1 N–H and O–H groups in total. The largest absolute Gasteiger partial charge is 0.449 e. The van der Waals surface area contributed by atoms with E-state index in [0.717, 1.165) is 0 Å². The predicted molar refractivity (Wildman–Crippen MR) is 91.0 cm³/mol.